The Bertz CT molecular complexity index is 1120. The molecule has 2 aromatic carbocycles. The molecule has 1 aliphatic rings. The van der Waals surface area contributed by atoms with Crippen molar-refractivity contribution in [2.45, 2.75) is 44.8 Å². The van der Waals surface area contributed by atoms with E-state index >= 15 is 0 Å². The Morgan fingerprint density at radius 1 is 1.03 bits per heavy atom. The van der Waals surface area contributed by atoms with Crippen LogP contribution in [0.1, 0.15) is 18.0 Å². The van der Waals surface area contributed by atoms with Crippen molar-refractivity contribution in [3.05, 3.63) is 60.3 Å². The molecular weight excluding hydrogens is 444 g/mol. The Morgan fingerprint density at radius 3 is 2.35 bits per heavy atom. The van der Waals surface area contributed by atoms with Gasteiger partial charge in [-0.3, -0.25) is 9.36 Å². The van der Waals surface area contributed by atoms with Crippen LogP contribution < -0.4 is 4.74 Å². The molecule has 1 heterocycles. The lowest BCUT2D eigenvalue weighted by Gasteiger charge is -2.18. The van der Waals surface area contributed by atoms with Gasteiger partial charge >= 0.3 is 5.97 Å². The predicted molar refractivity (Wildman–Crippen MR) is 137 cm³/mol. The maximum atomic E-state index is 12.3. The minimum absolute atomic E-state index is 0.0373. The number of aromatic nitrogens is 2. The predicted octanol–water partition coefficient (Wildman–Crippen LogP) is 5.81. The lowest BCUT2D eigenvalue weighted by Crippen LogP contribution is -2.22. The van der Waals surface area contributed by atoms with Crippen molar-refractivity contribution in [1.82, 2.24) is 9.55 Å². The Hall–Kier alpha value is -2.90. The lowest BCUT2D eigenvalue weighted by atomic mass is 10.1. The third-order valence-corrected chi connectivity index (χ3v) is 7.96. The molecule has 7 heteroatoms. The highest BCUT2D eigenvalue weighted by molar-refractivity contribution is 6.76. The molecule has 0 N–H and O–H groups in total. The molecule has 0 saturated heterocycles. The summed E-state index contributed by atoms with van der Waals surface area (Å²) in [7, 11) is 1.90. The summed E-state index contributed by atoms with van der Waals surface area (Å²) in [6.45, 7) is 8.17. The van der Waals surface area contributed by atoms with Crippen LogP contribution in [0.15, 0.2) is 54.6 Å². The molecule has 0 amide bonds. The van der Waals surface area contributed by atoms with E-state index in [1.54, 1.807) is 7.11 Å². The van der Waals surface area contributed by atoms with E-state index in [9.17, 15) is 4.79 Å². The molecule has 3 aromatic rings. The van der Waals surface area contributed by atoms with Crippen molar-refractivity contribution in [2.24, 2.45) is 5.92 Å². The number of rotatable bonds is 10. The number of ether oxygens (including phenoxy) is 3. The molecule has 0 aliphatic heterocycles. The fraction of sp³-hybridized carbons (Fsp3) is 0.407. The molecule has 2 atom stereocenters. The van der Waals surface area contributed by atoms with Gasteiger partial charge in [0, 0.05) is 31.7 Å². The maximum absolute atomic E-state index is 12.3. The molecule has 0 radical (unpaired) electrons. The number of esters is 1. The zero-order chi connectivity index (χ0) is 24.3. The van der Waals surface area contributed by atoms with E-state index in [1.165, 1.54) is 7.11 Å². The van der Waals surface area contributed by atoms with E-state index in [4.69, 9.17) is 19.2 Å². The average Bonchev–Trinajstić information content (AvgIpc) is 3.55. The van der Waals surface area contributed by atoms with Gasteiger partial charge in [-0.05, 0) is 36.7 Å². The third-order valence-electron chi connectivity index (χ3n) is 6.25. The third kappa shape index (κ3) is 5.42. The summed E-state index contributed by atoms with van der Waals surface area (Å²) in [5.41, 5.74) is 3.96. The van der Waals surface area contributed by atoms with Gasteiger partial charge in [0.1, 0.15) is 18.3 Å². The van der Waals surface area contributed by atoms with Crippen molar-refractivity contribution >= 4 is 14.0 Å². The highest BCUT2D eigenvalue weighted by Gasteiger charge is 2.48. The standard InChI is InChI=1S/C27H34N2O4Si/c1-31-21-13-11-19(12-14-21)25-24(22-17-23(22)27(30)32-2)28-26(20-9-7-6-8-10-20)29(25)18-33-15-16-34(3,4)5/h6-14,22-23H,15-18H2,1-5H3. The van der Waals surface area contributed by atoms with Gasteiger partial charge < -0.3 is 14.2 Å². The number of nitrogens with zero attached hydrogens (tertiary/aromatic N) is 2. The van der Waals surface area contributed by atoms with E-state index in [-0.39, 0.29) is 17.8 Å². The molecule has 1 fully saturated rings. The van der Waals surface area contributed by atoms with E-state index in [1.807, 2.05) is 42.5 Å². The summed E-state index contributed by atoms with van der Waals surface area (Å²) >= 11 is 0. The Labute approximate surface area is 202 Å². The minimum atomic E-state index is -1.20. The van der Waals surface area contributed by atoms with Gasteiger partial charge in [0.15, 0.2) is 0 Å². The number of methoxy groups -OCH3 is 2. The first kappa shape index (κ1) is 24.2. The zero-order valence-corrected chi connectivity index (χ0v) is 21.7. The molecule has 1 saturated carbocycles. The van der Waals surface area contributed by atoms with Crippen LogP contribution in [0.4, 0.5) is 0 Å². The van der Waals surface area contributed by atoms with Crippen LogP contribution in [0, 0.1) is 5.92 Å². The zero-order valence-electron chi connectivity index (χ0n) is 20.7. The molecule has 1 aromatic heterocycles. The summed E-state index contributed by atoms with van der Waals surface area (Å²) in [5.74, 6) is 1.36. The monoisotopic (exact) mass is 478 g/mol. The molecule has 2 unspecified atom stereocenters. The molecular formula is C27H34N2O4Si. The fourth-order valence-electron chi connectivity index (χ4n) is 4.16. The first-order valence-electron chi connectivity index (χ1n) is 11.8. The number of hydrogen-bond acceptors (Lipinski definition) is 5. The van der Waals surface area contributed by atoms with E-state index in [0.717, 1.165) is 46.6 Å². The van der Waals surface area contributed by atoms with Gasteiger partial charge in [-0.15, -0.1) is 0 Å². The molecule has 0 bridgehead atoms. The number of benzene rings is 2. The number of imidazole rings is 1. The maximum Gasteiger partial charge on any atom is 0.309 e. The van der Waals surface area contributed by atoms with E-state index < -0.39 is 8.07 Å². The molecule has 6 nitrogen and oxygen atoms in total. The van der Waals surface area contributed by atoms with Crippen LogP contribution in [-0.4, -0.2) is 44.4 Å². The number of carbonyl (C=O) groups is 1. The Balaban J connectivity index is 1.78. The van der Waals surface area contributed by atoms with Gasteiger partial charge in [0.05, 0.1) is 31.5 Å². The first-order valence-corrected chi connectivity index (χ1v) is 15.5. The molecule has 34 heavy (non-hydrogen) atoms. The largest absolute Gasteiger partial charge is 0.497 e. The first-order chi connectivity index (χ1) is 16.3. The van der Waals surface area contributed by atoms with E-state index in [2.05, 4.69) is 36.3 Å². The van der Waals surface area contributed by atoms with Crippen LogP contribution in [-0.2, 0) is 21.0 Å². The van der Waals surface area contributed by atoms with Crippen molar-refractivity contribution in [3.8, 4) is 28.4 Å². The smallest absolute Gasteiger partial charge is 0.309 e. The summed E-state index contributed by atoms with van der Waals surface area (Å²) in [6.07, 6.45) is 0.748. The van der Waals surface area contributed by atoms with Crippen molar-refractivity contribution in [2.75, 3.05) is 20.8 Å². The summed E-state index contributed by atoms with van der Waals surface area (Å²) in [5, 5.41) is 0. The van der Waals surface area contributed by atoms with Crippen molar-refractivity contribution in [3.63, 3.8) is 0 Å². The topological polar surface area (TPSA) is 62.6 Å². The second-order valence-electron chi connectivity index (χ2n) is 10.0. The lowest BCUT2D eigenvalue weighted by molar-refractivity contribution is -0.142. The second-order valence-corrected chi connectivity index (χ2v) is 15.6. The van der Waals surface area contributed by atoms with Crippen molar-refractivity contribution < 1.29 is 19.0 Å². The SMILES string of the molecule is COC(=O)C1CC1c1nc(-c2ccccc2)n(COCC[Si](C)(C)C)c1-c1ccc(OC)cc1. The summed E-state index contributed by atoms with van der Waals surface area (Å²) in [4.78, 5) is 17.4. The van der Waals surface area contributed by atoms with Gasteiger partial charge in [0.2, 0.25) is 0 Å². The van der Waals surface area contributed by atoms with Gasteiger partial charge in [-0.2, -0.15) is 0 Å². The fourth-order valence-corrected chi connectivity index (χ4v) is 4.92. The normalized spacial score (nSPS) is 17.4. The van der Waals surface area contributed by atoms with Gasteiger partial charge in [-0.25, -0.2) is 4.98 Å². The number of hydrogen-bond donors (Lipinski definition) is 0. The van der Waals surface area contributed by atoms with Gasteiger partial charge in [-0.1, -0.05) is 50.0 Å². The highest BCUT2D eigenvalue weighted by Crippen LogP contribution is 2.51. The van der Waals surface area contributed by atoms with E-state index in [0.29, 0.717) is 13.3 Å². The Morgan fingerprint density at radius 2 is 1.74 bits per heavy atom. The van der Waals surface area contributed by atoms with Crippen LogP contribution in [0.3, 0.4) is 0 Å². The van der Waals surface area contributed by atoms with Crippen LogP contribution in [0.5, 0.6) is 5.75 Å². The second kappa shape index (κ2) is 10.2. The molecule has 0 spiro atoms. The molecule has 4 rings (SSSR count). The van der Waals surface area contributed by atoms with Crippen LogP contribution >= 0.6 is 0 Å². The highest BCUT2D eigenvalue weighted by atomic mass is 28.3. The van der Waals surface area contributed by atoms with Crippen molar-refractivity contribution in [1.29, 1.82) is 0 Å². The summed E-state index contributed by atoms with van der Waals surface area (Å²) in [6, 6.07) is 19.2. The van der Waals surface area contributed by atoms with Crippen LogP contribution in [0.2, 0.25) is 25.7 Å². The molecule has 180 valence electrons. The molecule has 1 aliphatic carbocycles. The quantitative estimate of drug-likeness (QED) is 0.209. The average molecular weight is 479 g/mol. The van der Waals surface area contributed by atoms with Crippen LogP contribution in [0.25, 0.3) is 22.6 Å². The Kier molecular flexibility index (Phi) is 7.24. The number of carbonyl (C=O) groups excluding carboxylic acids is 1. The minimum Gasteiger partial charge on any atom is -0.497 e. The summed E-state index contributed by atoms with van der Waals surface area (Å²) < 4.78 is 18.8. The van der Waals surface area contributed by atoms with Gasteiger partial charge in [0.25, 0.3) is 0 Å².